The molecule has 1 unspecified atom stereocenters. The van der Waals surface area contributed by atoms with E-state index in [1.807, 2.05) is 24.3 Å². The summed E-state index contributed by atoms with van der Waals surface area (Å²) >= 11 is 0. The van der Waals surface area contributed by atoms with Gasteiger partial charge in [0, 0.05) is 11.8 Å². The van der Waals surface area contributed by atoms with E-state index in [1.54, 1.807) is 47.2 Å². The van der Waals surface area contributed by atoms with Crippen molar-refractivity contribution in [2.75, 3.05) is 7.11 Å². The van der Waals surface area contributed by atoms with Gasteiger partial charge in [-0.25, -0.2) is 9.97 Å². The molecular formula is C24H19N3O3. The highest BCUT2D eigenvalue weighted by Gasteiger charge is 2.18. The Morgan fingerprint density at radius 1 is 1.33 bits per heavy atom. The number of rotatable bonds is 4. The number of ether oxygens (including phenoxy) is 1. The second-order valence-electron chi connectivity index (χ2n) is 6.75. The van der Waals surface area contributed by atoms with Crippen LogP contribution in [0.2, 0.25) is 0 Å². The van der Waals surface area contributed by atoms with E-state index in [-0.39, 0.29) is 17.4 Å². The van der Waals surface area contributed by atoms with Crippen LogP contribution < -0.4 is 10.3 Å². The molecule has 0 aliphatic heterocycles. The average Bonchev–Trinajstić information content (AvgIpc) is 2.79. The lowest BCUT2D eigenvalue weighted by molar-refractivity contribution is 0.373. The zero-order valence-corrected chi connectivity index (χ0v) is 16.3. The predicted octanol–water partition coefficient (Wildman–Crippen LogP) is 3.74. The highest BCUT2D eigenvalue weighted by Crippen LogP contribution is 2.27. The van der Waals surface area contributed by atoms with E-state index in [2.05, 4.69) is 15.9 Å². The van der Waals surface area contributed by atoms with Crippen molar-refractivity contribution < 1.29 is 9.84 Å². The number of fused-ring (bicyclic) bond motifs is 1. The topological polar surface area (TPSA) is 77.2 Å². The summed E-state index contributed by atoms with van der Waals surface area (Å²) in [5.74, 6) is 3.51. The molecule has 0 radical (unpaired) electrons. The molecule has 1 N–H and O–H groups in total. The number of hydrogen-bond acceptors (Lipinski definition) is 5. The molecule has 0 saturated carbocycles. The molecule has 2 aromatic heterocycles. The number of aromatic nitrogens is 3. The summed E-state index contributed by atoms with van der Waals surface area (Å²) < 4.78 is 6.81. The molecule has 3 aromatic rings. The van der Waals surface area contributed by atoms with Gasteiger partial charge in [0.2, 0.25) is 0 Å². The van der Waals surface area contributed by atoms with Crippen LogP contribution in [0.5, 0.6) is 11.5 Å². The van der Waals surface area contributed by atoms with Crippen molar-refractivity contribution in [1.29, 1.82) is 0 Å². The summed E-state index contributed by atoms with van der Waals surface area (Å²) in [4.78, 5) is 22.1. The lowest BCUT2D eigenvalue weighted by atomic mass is 10.0. The Morgan fingerprint density at radius 3 is 2.93 bits per heavy atom. The SMILES string of the molecule is C#CC1=CCC(n2c(C=Cc3ccc(O)c(OC)c3)nc3ncccc3c2=O)C=C1. The monoisotopic (exact) mass is 397 g/mol. The predicted molar refractivity (Wildman–Crippen MR) is 117 cm³/mol. The summed E-state index contributed by atoms with van der Waals surface area (Å²) in [6.07, 6.45) is 16.9. The minimum absolute atomic E-state index is 0.0584. The van der Waals surface area contributed by atoms with Crippen LogP contribution in [0.1, 0.15) is 23.9 Å². The van der Waals surface area contributed by atoms with Gasteiger partial charge in [-0.15, -0.1) is 6.42 Å². The Kier molecular flexibility index (Phi) is 5.19. The molecule has 0 amide bonds. The number of allylic oxidation sites excluding steroid dienone is 4. The van der Waals surface area contributed by atoms with Crippen LogP contribution in [0.25, 0.3) is 23.2 Å². The Bertz CT molecular complexity index is 1310. The van der Waals surface area contributed by atoms with Crippen LogP contribution in [-0.2, 0) is 0 Å². The van der Waals surface area contributed by atoms with Crippen molar-refractivity contribution in [2.24, 2.45) is 0 Å². The first kappa shape index (κ1) is 19.2. The maximum Gasteiger partial charge on any atom is 0.263 e. The van der Waals surface area contributed by atoms with E-state index in [4.69, 9.17) is 11.2 Å². The van der Waals surface area contributed by atoms with Crippen molar-refractivity contribution >= 4 is 23.2 Å². The number of phenolic OH excluding ortho intramolecular Hbond substituents is 1. The largest absolute Gasteiger partial charge is 0.504 e. The standard InChI is InChI=1S/C24H19N3O3/c1-3-16-6-10-18(11-7-16)27-22(26-23-19(24(27)29)5-4-14-25-23)13-9-17-8-12-20(28)21(15-17)30-2/h1,4-10,12-15,18,28H,11H2,2H3. The van der Waals surface area contributed by atoms with Crippen molar-refractivity contribution in [3.05, 3.63) is 82.1 Å². The fraction of sp³-hybridized carbons (Fsp3) is 0.125. The number of benzene rings is 1. The van der Waals surface area contributed by atoms with Crippen LogP contribution in [0.3, 0.4) is 0 Å². The van der Waals surface area contributed by atoms with Gasteiger partial charge in [-0.3, -0.25) is 9.36 Å². The Balaban J connectivity index is 1.82. The van der Waals surface area contributed by atoms with Gasteiger partial charge in [-0.2, -0.15) is 0 Å². The second-order valence-corrected chi connectivity index (χ2v) is 6.75. The maximum absolute atomic E-state index is 13.3. The number of methoxy groups -OCH3 is 1. The smallest absolute Gasteiger partial charge is 0.263 e. The van der Waals surface area contributed by atoms with Crippen molar-refractivity contribution in [2.45, 2.75) is 12.5 Å². The number of nitrogens with zero attached hydrogens (tertiary/aromatic N) is 3. The Hall–Kier alpha value is -4.11. The fourth-order valence-corrected chi connectivity index (χ4v) is 3.36. The first-order chi connectivity index (χ1) is 14.6. The number of aromatic hydroxyl groups is 1. The molecule has 1 aliphatic carbocycles. The second kappa shape index (κ2) is 8.10. The third-order valence-electron chi connectivity index (χ3n) is 4.91. The van der Waals surface area contributed by atoms with E-state index >= 15 is 0 Å². The number of pyridine rings is 1. The van der Waals surface area contributed by atoms with Crippen molar-refractivity contribution in [3.63, 3.8) is 0 Å². The van der Waals surface area contributed by atoms with Gasteiger partial charge in [0.25, 0.3) is 5.56 Å². The zero-order chi connectivity index (χ0) is 21.1. The third-order valence-corrected chi connectivity index (χ3v) is 4.91. The molecule has 0 saturated heterocycles. The van der Waals surface area contributed by atoms with Gasteiger partial charge in [-0.05, 0) is 48.4 Å². The highest BCUT2D eigenvalue weighted by molar-refractivity contribution is 5.76. The molecule has 1 atom stereocenters. The Labute approximate surface area is 173 Å². The molecule has 30 heavy (non-hydrogen) atoms. The molecular weight excluding hydrogens is 378 g/mol. The lowest BCUT2D eigenvalue weighted by Crippen LogP contribution is -2.28. The highest BCUT2D eigenvalue weighted by atomic mass is 16.5. The summed E-state index contributed by atoms with van der Waals surface area (Å²) in [7, 11) is 1.49. The molecule has 4 rings (SSSR count). The lowest BCUT2D eigenvalue weighted by Gasteiger charge is -2.20. The molecule has 1 aromatic carbocycles. The van der Waals surface area contributed by atoms with Crippen LogP contribution in [0.15, 0.2) is 65.1 Å². The van der Waals surface area contributed by atoms with Gasteiger partial charge in [0.1, 0.15) is 5.82 Å². The number of phenols is 1. The quantitative estimate of drug-likeness (QED) is 0.679. The summed E-state index contributed by atoms with van der Waals surface area (Å²) in [5.41, 5.74) is 1.81. The molecule has 2 heterocycles. The van der Waals surface area contributed by atoms with E-state index in [1.165, 1.54) is 7.11 Å². The van der Waals surface area contributed by atoms with Gasteiger partial charge >= 0.3 is 0 Å². The van der Waals surface area contributed by atoms with E-state index in [0.29, 0.717) is 29.0 Å². The normalized spacial score (nSPS) is 15.9. The maximum atomic E-state index is 13.3. The first-order valence-corrected chi connectivity index (χ1v) is 9.38. The van der Waals surface area contributed by atoms with Gasteiger partial charge < -0.3 is 9.84 Å². The van der Waals surface area contributed by atoms with Gasteiger partial charge in [0.15, 0.2) is 17.1 Å². The van der Waals surface area contributed by atoms with Crippen LogP contribution in [0.4, 0.5) is 0 Å². The molecule has 0 spiro atoms. The molecule has 148 valence electrons. The van der Waals surface area contributed by atoms with Gasteiger partial charge in [0.05, 0.1) is 18.5 Å². The Morgan fingerprint density at radius 2 is 2.20 bits per heavy atom. The summed E-state index contributed by atoms with van der Waals surface area (Å²) in [5, 5.41) is 10.2. The first-order valence-electron chi connectivity index (χ1n) is 9.38. The van der Waals surface area contributed by atoms with E-state index in [0.717, 1.165) is 11.1 Å². The summed E-state index contributed by atoms with van der Waals surface area (Å²) in [6, 6.07) is 8.25. The van der Waals surface area contributed by atoms with Crippen LogP contribution >= 0.6 is 0 Å². The van der Waals surface area contributed by atoms with E-state index < -0.39 is 0 Å². The van der Waals surface area contributed by atoms with Crippen LogP contribution in [-0.4, -0.2) is 26.8 Å². The fourth-order valence-electron chi connectivity index (χ4n) is 3.36. The summed E-state index contributed by atoms with van der Waals surface area (Å²) in [6.45, 7) is 0. The number of hydrogen-bond donors (Lipinski definition) is 1. The minimum atomic E-state index is -0.208. The molecule has 6 heteroatoms. The third kappa shape index (κ3) is 3.61. The zero-order valence-electron chi connectivity index (χ0n) is 16.3. The van der Waals surface area contributed by atoms with Crippen LogP contribution in [0, 0.1) is 12.3 Å². The van der Waals surface area contributed by atoms with E-state index in [9.17, 15) is 9.90 Å². The molecule has 1 aliphatic rings. The molecule has 6 nitrogen and oxygen atoms in total. The van der Waals surface area contributed by atoms with Gasteiger partial charge in [-0.1, -0.05) is 30.2 Å². The average molecular weight is 397 g/mol. The minimum Gasteiger partial charge on any atom is -0.504 e. The van der Waals surface area contributed by atoms with Crippen molar-refractivity contribution in [1.82, 2.24) is 14.5 Å². The van der Waals surface area contributed by atoms with Crippen molar-refractivity contribution in [3.8, 4) is 23.8 Å². The molecule has 0 bridgehead atoms. The molecule has 0 fully saturated rings. The number of terminal acetylenes is 1.